The van der Waals surface area contributed by atoms with Crippen LogP contribution in [0.1, 0.15) is 27.2 Å². The molecule has 0 spiro atoms. The first kappa shape index (κ1) is 22.9. The number of para-hydroxylation sites is 1. The number of carbonyl (C=O) groups is 1. The van der Waals surface area contributed by atoms with Crippen LogP contribution in [0.4, 0.5) is 14.5 Å². The van der Waals surface area contributed by atoms with Crippen LogP contribution < -0.4 is 10.9 Å². The molecule has 0 saturated heterocycles. The van der Waals surface area contributed by atoms with Crippen LogP contribution >= 0.6 is 11.8 Å². The highest BCUT2D eigenvalue weighted by Gasteiger charge is 2.22. The van der Waals surface area contributed by atoms with E-state index in [1.165, 1.54) is 6.07 Å². The predicted octanol–water partition coefficient (Wildman–Crippen LogP) is 4.49. The molecule has 4 aromatic rings. The van der Waals surface area contributed by atoms with Crippen molar-refractivity contribution in [3.8, 4) is 0 Å². The Hall–Kier alpha value is -3.27. The fourth-order valence-electron chi connectivity index (χ4n) is 3.44. The Morgan fingerprint density at radius 2 is 1.88 bits per heavy atom. The third-order valence-electron chi connectivity index (χ3n) is 5.25. The molecule has 172 valence electrons. The molecule has 0 aliphatic rings. The van der Waals surface area contributed by atoms with Gasteiger partial charge in [0.15, 0.2) is 5.16 Å². The molecule has 0 radical (unpaired) electrons. The van der Waals surface area contributed by atoms with Gasteiger partial charge in [-0.3, -0.25) is 18.6 Å². The van der Waals surface area contributed by atoms with Crippen molar-refractivity contribution in [1.29, 1.82) is 0 Å². The minimum Gasteiger partial charge on any atom is -0.323 e. The number of amides is 1. The summed E-state index contributed by atoms with van der Waals surface area (Å²) in [4.78, 5) is 25.8. The van der Waals surface area contributed by atoms with E-state index < -0.39 is 22.8 Å². The van der Waals surface area contributed by atoms with Crippen LogP contribution in [0.15, 0.2) is 52.4 Å². The number of hydrogen-bond acceptors (Lipinski definition) is 5. The number of hydrogen-bond donors (Lipinski definition) is 1. The van der Waals surface area contributed by atoms with Crippen LogP contribution in [0, 0.1) is 17.6 Å². The van der Waals surface area contributed by atoms with E-state index in [0.717, 1.165) is 24.2 Å². The molecule has 7 nitrogen and oxygen atoms in total. The number of fused-ring (bicyclic) bond motifs is 3. The van der Waals surface area contributed by atoms with Crippen LogP contribution in [-0.4, -0.2) is 30.3 Å². The molecular weight excluding hydrogens is 448 g/mol. The summed E-state index contributed by atoms with van der Waals surface area (Å²) < 4.78 is 30.4. The third kappa shape index (κ3) is 4.61. The third-order valence-corrected chi connectivity index (χ3v) is 6.29. The first-order chi connectivity index (χ1) is 15.8. The van der Waals surface area contributed by atoms with Gasteiger partial charge >= 0.3 is 0 Å². The number of aryl methyl sites for hydroxylation is 1. The van der Waals surface area contributed by atoms with E-state index in [1.54, 1.807) is 28.0 Å². The normalized spacial score (nSPS) is 12.5. The van der Waals surface area contributed by atoms with Gasteiger partial charge in [0.25, 0.3) is 5.56 Å². The van der Waals surface area contributed by atoms with Gasteiger partial charge < -0.3 is 5.32 Å². The van der Waals surface area contributed by atoms with Crippen LogP contribution in [0.5, 0.6) is 0 Å². The molecule has 0 fully saturated rings. The zero-order valence-electron chi connectivity index (χ0n) is 18.4. The average molecular weight is 472 g/mol. The molecular formula is C23H23F2N5O2S. The molecule has 0 aliphatic carbocycles. The molecule has 0 bridgehead atoms. The monoisotopic (exact) mass is 471 g/mol. The number of halogens is 2. The topological polar surface area (TPSA) is 81.3 Å². The maximum absolute atomic E-state index is 13.9. The fourth-order valence-corrected chi connectivity index (χ4v) is 4.29. The van der Waals surface area contributed by atoms with E-state index in [9.17, 15) is 18.4 Å². The Kier molecular flexibility index (Phi) is 6.46. The van der Waals surface area contributed by atoms with Crippen molar-refractivity contribution in [2.75, 3.05) is 5.32 Å². The lowest BCUT2D eigenvalue weighted by Crippen LogP contribution is -2.25. The minimum absolute atomic E-state index is 0.104. The van der Waals surface area contributed by atoms with Gasteiger partial charge in [0.1, 0.15) is 11.6 Å². The second-order valence-corrected chi connectivity index (χ2v) is 9.46. The predicted molar refractivity (Wildman–Crippen MR) is 125 cm³/mol. The number of benzene rings is 2. The molecule has 2 aromatic carbocycles. The molecule has 10 heteroatoms. The summed E-state index contributed by atoms with van der Waals surface area (Å²) in [5, 5.41) is 11.3. The Morgan fingerprint density at radius 1 is 1.12 bits per heavy atom. The summed E-state index contributed by atoms with van der Waals surface area (Å²) in [5.74, 6) is -1.25. The van der Waals surface area contributed by atoms with Crippen molar-refractivity contribution in [3.63, 3.8) is 0 Å². The van der Waals surface area contributed by atoms with Crippen molar-refractivity contribution in [2.24, 2.45) is 5.92 Å². The molecule has 2 heterocycles. The highest BCUT2D eigenvalue weighted by Crippen LogP contribution is 2.26. The standard InChI is InChI=1S/C23H23F2N5O2S/c1-13(2)10-11-29-21(32)16-6-4-5-7-19(16)30-22(29)27-28-23(30)33-14(3)20(31)26-18-9-8-15(24)12-17(18)25/h4-9,12-14H,10-11H2,1-3H3,(H,26,31). The number of aromatic nitrogens is 4. The van der Waals surface area contributed by atoms with Crippen molar-refractivity contribution < 1.29 is 13.6 Å². The zero-order chi connectivity index (χ0) is 23.7. The van der Waals surface area contributed by atoms with Gasteiger partial charge in [0.2, 0.25) is 11.7 Å². The van der Waals surface area contributed by atoms with E-state index in [-0.39, 0.29) is 11.2 Å². The Bertz CT molecular complexity index is 1400. The van der Waals surface area contributed by atoms with Gasteiger partial charge in [-0.1, -0.05) is 37.7 Å². The smallest absolute Gasteiger partial charge is 0.262 e. The second-order valence-electron chi connectivity index (χ2n) is 8.15. The minimum atomic E-state index is -0.853. The number of nitrogens with zero attached hydrogens (tertiary/aromatic N) is 4. The second kappa shape index (κ2) is 9.30. The molecule has 1 atom stereocenters. The van der Waals surface area contributed by atoms with Gasteiger partial charge in [-0.25, -0.2) is 8.78 Å². The number of rotatable bonds is 7. The van der Waals surface area contributed by atoms with Crippen LogP contribution in [0.2, 0.25) is 0 Å². The van der Waals surface area contributed by atoms with Crippen molar-refractivity contribution in [3.05, 3.63) is 64.5 Å². The fraction of sp³-hybridized carbons (Fsp3) is 0.304. The molecule has 33 heavy (non-hydrogen) atoms. The molecule has 0 aliphatic heterocycles. The summed E-state index contributed by atoms with van der Waals surface area (Å²) in [5.41, 5.74) is 0.399. The summed E-state index contributed by atoms with van der Waals surface area (Å²) in [6.07, 6.45) is 0.797. The van der Waals surface area contributed by atoms with Crippen LogP contribution in [0.25, 0.3) is 16.7 Å². The van der Waals surface area contributed by atoms with Crippen molar-refractivity contribution in [2.45, 2.75) is 44.1 Å². The lowest BCUT2D eigenvalue weighted by Gasteiger charge is -2.14. The molecule has 2 aromatic heterocycles. The molecule has 4 rings (SSSR count). The van der Waals surface area contributed by atoms with E-state index in [0.29, 0.717) is 40.4 Å². The Morgan fingerprint density at radius 3 is 2.61 bits per heavy atom. The van der Waals surface area contributed by atoms with Crippen LogP contribution in [0.3, 0.4) is 0 Å². The van der Waals surface area contributed by atoms with Crippen molar-refractivity contribution >= 4 is 40.0 Å². The average Bonchev–Trinajstić information content (AvgIpc) is 3.18. The zero-order valence-corrected chi connectivity index (χ0v) is 19.2. The van der Waals surface area contributed by atoms with Crippen LogP contribution in [-0.2, 0) is 11.3 Å². The Labute approximate surface area is 192 Å². The summed E-state index contributed by atoms with van der Waals surface area (Å²) in [7, 11) is 0. The Balaban J connectivity index is 1.69. The molecule has 1 amide bonds. The maximum atomic E-state index is 13.9. The van der Waals surface area contributed by atoms with Gasteiger partial charge in [-0.2, -0.15) is 0 Å². The lowest BCUT2D eigenvalue weighted by molar-refractivity contribution is -0.115. The number of nitrogens with one attached hydrogen (secondary N) is 1. The van der Waals surface area contributed by atoms with Gasteiger partial charge in [-0.05, 0) is 43.5 Å². The summed E-state index contributed by atoms with van der Waals surface area (Å²) >= 11 is 1.14. The quantitative estimate of drug-likeness (QED) is 0.402. The number of anilines is 1. The first-order valence-corrected chi connectivity index (χ1v) is 11.4. The highest BCUT2D eigenvalue weighted by atomic mass is 32.2. The first-order valence-electron chi connectivity index (χ1n) is 10.6. The largest absolute Gasteiger partial charge is 0.323 e. The van der Waals surface area contributed by atoms with E-state index in [1.807, 2.05) is 12.1 Å². The van der Waals surface area contributed by atoms with Gasteiger partial charge in [0.05, 0.1) is 21.8 Å². The SMILES string of the molecule is CC(C)CCn1c(=O)c2ccccc2n2c(SC(C)C(=O)Nc3ccc(F)cc3F)nnc12. The number of carbonyl (C=O) groups excluding carboxylic acids is 1. The molecule has 1 N–H and O–H groups in total. The van der Waals surface area contributed by atoms with E-state index in [4.69, 9.17) is 0 Å². The number of thioether (sulfide) groups is 1. The van der Waals surface area contributed by atoms with E-state index in [2.05, 4.69) is 29.4 Å². The van der Waals surface area contributed by atoms with Gasteiger partial charge in [0, 0.05) is 12.6 Å². The van der Waals surface area contributed by atoms with Crippen molar-refractivity contribution in [1.82, 2.24) is 19.2 Å². The highest BCUT2D eigenvalue weighted by molar-refractivity contribution is 8.00. The summed E-state index contributed by atoms with van der Waals surface area (Å²) in [6, 6.07) is 10.1. The van der Waals surface area contributed by atoms with E-state index >= 15 is 0 Å². The molecule has 0 saturated carbocycles. The molecule has 1 unspecified atom stereocenters. The maximum Gasteiger partial charge on any atom is 0.262 e. The lowest BCUT2D eigenvalue weighted by atomic mass is 10.1. The van der Waals surface area contributed by atoms with Gasteiger partial charge in [-0.15, -0.1) is 10.2 Å². The summed E-state index contributed by atoms with van der Waals surface area (Å²) in [6.45, 7) is 6.31.